The topological polar surface area (TPSA) is 105 Å². The minimum atomic E-state index is -3.96. The summed E-state index contributed by atoms with van der Waals surface area (Å²) < 4.78 is 38.5. The number of hydrogen-bond acceptors (Lipinski definition) is 6. The summed E-state index contributed by atoms with van der Waals surface area (Å²) in [5.41, 5.74) is -0.000301. The number of fused-ring (bicyclic) bond motifs is 1. The number of carbonyl (C=O) groups is 1. The molecular formula is C12H15NO6S. The Bertz CT molecular complexity index is 625. The second-order valence-electron chi connectivity index (χ2n) is 4.18. The molecule has 0 saturated heterocycles. The first kappa shape index (κ1) is 14.6. The van der Waals surface area contributed by atoms with Gasteiger partial charge in [-0.3, -0.25) is 0 Å². The van der Waals surface area contributed by atoms with Crippen LogP contribution in [0.3, 0.4) is 0 Å². The van der Waals surface area contributed by atoms with Gasteiger partial charge in [0.1, 0.15) is 18.8 Å². The number of carbonyl (C=O) groups excluding carboxylic acids is 1. The molecule has 1 aliphatic rings. The maximum Gasteiger partial charge on any atom is 0.342 e. The highest BCUT2D eigenvalue weighted by Gasteiger charge is 2.25. The zero-order valence-electron chi connectivity index (χ0n) is 10.9. The minimum Gasteiger partial charge on any atom is -0.486 e. The third kappa shape index (κ3) is 3.02. The molecule has 0 aliphatic carbocycles. The highest BCUT2D eigenvalue weighted by Crippen LogP contribution is 2.36. The van der Waals surface area contributed by atoms with E-state index in [0.717, 1.165) is 6.07 Å². The standard InChI is InChI=1S/C12H15NO6S/c1-2-3-19-12(14)9-6-8(20(13,15)16)7-10-11(9)18-5-4-17-10/h6-7H,2-5H2,1H3,(H2,13,15,16). The fraction of sp³-hybridized carbons (Fsp3) is 0.417. The summed E-state index contributed by atoms with van der Waals surface area (Å²) in [6.45, 7) is 2.62. The van der Waals surface area contributed by atoms with Crippen LogP contribution < -0.4 is 14.6 Å². The molecule has 1 heterocycles. The summed E-state index contributed by atoms with van der Waals surface area (Å²) in [7, 11) is -3.96. The molecule has 0 aromatic heterocycles. The average molecular weight is 301 g/mol. The molecular weight excluding hydrogens is 286 g/mol. The molecule has 8 heteroatoms. The molecule has 7 nitrogen and oxygen atoms in total. The number of primary sulfonamides is 1. The van der Waals surface area contributed by atoms with E-state index in [0.29, 0.717) is 6.42 Å². The van der Waals surface area contributed by atoms with Gasteiger partial charge >= 0.3 is 5.97 Å². The Balaban J connectivity index is 2.50. The summed E-state index contributed by atoms with van der Waals surface area (Å²) in [5.74, 6) is -0.310. The van der Waals surface area contributed by atoms with Crippen molar-refractivity contribution in [3.63, 3.8) is 0 Å². The summed E-state index contributed by atoms with van der Waals surface area (Å²) in [6.07, 6.45) is 0.653. The van der Waals surface area contributed by atoms with Gasteiger partial charge < -0.3 is 14.2 Å². The maximum absolute atomic E-state index is 12.0. The van der Waals surface area contributed by atoms with Crippen LogP contribution in [0.5, 0.6) is 11.5 Å². The lowest BCUT2D eigenvalue weighted by molar-refractivity contribution is 0.0495. The first-order chi connectivity index (χ1) is 9.43. The molecule has 2 rings (SSSR count). The molecule has 0 saturated carbocycles. The third-order valence-electron chi connectivity index (χ3n) is 2.60. The smallest absolute Gasteiger partial charge is 0.342 e. The largest absolute Gasteiger partial charge is 0.486 e. The second kappa shape index (κ2) is 5.68. The highest BCUT2D eigenvalue weighted by atomic mass is 32.2. The summed E-state index contributed by atoms with van der Waals surface area (Å²) >= 11 is 0. The van der Waals surface area contributed by atoms with Crippen LogP contribution in [0.15, 0.2) is 17.0 Å². The number of nitrogens with two attached hydrogens (primary N) is 1. The first-order valence-electron chi connectivity index (χ1n) is 6.07. The van der Waals surface area contributed by atoms with Crippen LogP contribution in [-0.4, -0.2) is 34.2 Å². The maximum atomic E-state index is 12.0. The summed E-state index contributed by atoms with van der Waals surface area (Å²) in [5, 5.41) is 5.08. The zero-order chi connectivity index (χ0) is 14.8. The lowest BCUT2D eigenvalue weighted by atomic mass is 10.1. The Hall–Kier alpha value is -1.80. The van der Waals surface area contributed by atoms with Crippen molar-refractivity contribution in [2.45, 2.75) is 18.2 Å². The number of sulfonamides is 1. The van der Waals surface area contributed by atoms with E-state index in [1.807, 2.05) is 6.92 Å². The van der Waals surface area contributed by atoms with Crippen LogP contribution in [0.2, 0.25) is 0 Å². The monoisotopic (exact) mass is 301 g/mol. The molecule has 110 valence electrons. The lowest BCUT2D eigenvalue weighted by Crippen LogP contribution is -2.21. The molecule has 0 amide bonds. The molecule has 1 aromatic carbocycles. The predicted molar refractivity (Wildman–Crippen MR) is 69.4 cm³/mol. The molecule has 20 heavy (non-hydrogen) atoms. The molecule has 0 spiro atoms. The summed E-state index contributed by atoms with van der Waals surface area (Å²) in [6, 6.07) is 2.38. The highest BCUT2D eigenvalue weighted by molar-refractivity contribution is 7.89. The zero-order valence-corrected chi connectivity index (χ0v) is 11.7. The van der Waals surface area contributed by atoms with Gasteiger partial charge in [0.25, 0.3) is 0 Å². The summed E-state index contributed by atoms with van der Waals surface area (Å²) in [4.78, 5) is 11.7. The van der Waals surface area contributed by atoms with Crippen molar-refractivity contribution < 1.29 is 27.4 Å². The van der Waals surface area contributed by atoms with E-state index in [4.69, 9.17) is 19.3 Å². The number of rotatable bonds is 4. The van der Waals surface area contributed by atoms with Gasteiger partial charge in [0, 0.05) is 6.07 Å². The van der Waals surface area contributed by atoms with Crippen molar-refractivity contribution >= 4 is 16.0 Å². The van der Waals surface area contributed by atoms with Gasteiger partial charge in [0.2, 0.25) is 10.0 Å². The van der Waals surface area contributed by atoms with Gasteiger partial charge in [-0.25, -0.2) is 18.4 Å². The van der Waals surface area contributed by atoms with Crippen LogP contribution >= 0.6 is 0 Å². The first-order valence-corrected chi connectivity index (χ1v) is 7.61. The van der Waals surface area contributed by atoms with Gasteiger partial charge in [-0.15, -0.1) is 0 Å². The van der Waals surface area contributed by atoms with Crippen LogP contribution in [0.4, 0.5) is 0 Å². The van der Waals surface area contributed by atoms with Crippen molar-refractivity contribution in [2.24, 2.45) is 5.14 Å². The molecule has 0 unspecified atom stereocenters. The van der Waals surface area contributed by atoms with Crippen LogP contribution in [0.25, 0.3) is 0 Å². The van der Waals surface area contributed by atoms with Crippen molar-refractivity contribution in [3.05, 3.63) is 17.7 Å². The van der Waals surface area contributed by atoms with Gasteiger partial charge in [0.05, 0.1) is 11.5 Å². The Labute approximate surface area is 116 Å². The Morgan fingerprint density at radius 2 is 2.05 bits per heavy atom. The second-order valence-corrected chi connectivity index (χ2v) is 5.74. The van der Waals surface area contributed by atoms with E-state index in [-0.39, 0.29) is 41.8 Å². The number of ether oxygens (including phenoxy) is 3. The molecule has 0 radical (unpaired) electrons. The SMILES string of the molecule is CCCOC(=O)c1cc(S(N)(=O)=O)cc2c1OCCO2. The van der Waals surface area contributed by atoms with Crippen molar-refractivity contribution in [2.75, 3.05) is 19.8 Å². The number of benzene rings is 1. The van der Waals surface area contributed by atoms with Gasteiger partial charge in [-0.05, 0) is 12.5 Å². The van der Waals surface area contributed by atoms with Crippen molar-refractivity contribution in [1.82, 2.24) is 0 Å². The molecule has 0 atom stereocenters. The predicted octanol–water partition coefficient (Wildman–Crippen LogP) is 0.672. The third-order valence-corrected chi connectivity index (χ3v) is 3.49. The fourth-order valence-electron chi connectivity index (χ4n) is 1.72. The van der Waals surface area contributed by atoms with Crippen LogP contribution in [0.1, 0.15) is 23.7 Å². The van der Waals surface area contributed by atoms with E-state index in [2.05, 4.69) is 0 Å². The Morgan fingerprint density at radius 1 is 1.35 bits per heavy atom. The van der Waals surface area contributed by atoms with E-state index in [1.165, 1.54) is 6.07 Å². The van der Waals surface area contributed by atoms with E-state index >= 15 is 0 Å². The number of hydrogen-bond donors (Lipinski definition) is 1. The van der Waals surface area contributed by atoms with Crippen molar-refractivity contribution in [1.29, 1.82) is 0 Å². The van der Waals surface area contributed by atoms with E-state index in [1.54, 1.807) is 0 Å². The molecule has 0 bridgehead atoms. The lowest BCUT2D eigenvalue weighted by Gasteiger charge is -2.21. The quantitative estimate of drug-likeness (QED) is 0.820. The van der Waals surface area contributed by atoms with Crippen LogP contribution in [0, 0.1) is 0 Å². The Morgan fingerprint density at radius 3 is 2.70 bits per heavy atom. The van der Waals surface area contributed by atoms with Gasteiger partial charge in [0.15, 0.2) is 11.5 Å². The van der Waals surface area contributed by atoms with Crippen molar-refractivity contribution in [3.8, 4) is 11.5 Å². The number of esters is 1. The normalized spacial score (nSPS) is 13.9. The van der Waals surface area contributed by atoms with Gasteiger partial charge in [-0.2, -0.15) is 0 Å². The molecule has 1 aliphatic heterocycles. The Kier molecular flexibility index (Phi) is 4.15. The fourth-order valence-corrected chi connectivity index (χ4v) is 2.27. The van der Waals surface area contributed by atoms with Crippen LogP contribution in [-0.2, 0) is 14.8 Å². The van der Waals surface area contributed by atoms with Gasteiger partial charge in [-0.1, -0.05) is 6.92 Å². The minimum absolute atomic E-state index is 0.000301. The van der Waals surface area contributed by atoms with E-state index in [9.17, 15) is 13.2 Å². The average Bonchev–Trinajstić information content (AvgIpc) is 2.42. The molecule has 0 fully saturated rings. The molecule has 1 aromatic rings. The molecule has 2 N–H and O–H groups in total. The van der Waals surface area contributed by atoms with E-state index < -0.39 is 16.0 Å².